The van der Waals surface area contributed by atoms with Crippen LogP contribution < -0.4 is 15.4 Å². The molecule has 1 rings (SSSR count). The van der Waals surface area contributed by atoms with E-state index in [4.69, 9.17) is 4.74 Å². The summed E-state index contributed by atoms with van der Waals surface area (Å²) in [5.74, 6) is 1.75. The van der Waals surface area contributed by atoms with Crippen molar-refractivity contribution in [2.45, 2.75) is 13.3 Å². The van der Waals surface area contributed by atoms with Crippen LogP contribution >= 0.6 is 24.0 Å². The molecule has 5 nitrogen and oxygen atoms in total. The first-order chi connectivity index (χ1) is 10.2. The smallest absolute Gasteiger partial charge is 0.191 e. The lowest BCUT2D eigenvalue weighted by Gasteiger charge is -2.16. The van der Waals surface area contributed by atoms with Crippen molar-refractivity contribution in [3.05, 3.63) is 29.8 Å². The van der Waals surface area contributed by atoms with E-state index >= 15 is 0 Å². The van der Waals surface area contributed by atoms with Gasteiger partial charge in [0.1, 0.15) is 5.75 Å². The number of guanidine groups is 1. The molecule has 0 radical (unpaired) electrons. The lowest BCUT2D eigenvalue weighted by molar-refractivity contribution is 0.357. The zero-order chi connectivity index (χ0) is 15.5. The Labute approximate surface area is 151 Å². The fraction of sp³-hybridized carbons (Fsp3) is 0.562. The van der Waals surface area contributed by atoms with Gasteiger partial charge < -0.3 is 20.3 Å². The van der Waals surface area contributed by atoms with E-state index in [0.717, 1.165) is 44.3 Å². The van der Waals surface area contributed by atoms with Gasteiger partial charge in [-0.1, -0.05) is 19.1 Å². The summed E-state index contributed by atoms with van der Waals surface area (Å²) in [7, 11) is 5.59. The minimum atomic E-state index is 0. The van der Waals surface area contributed by atoms with E-state index in [1.807, 2.05) is 12.1 Å². The number of likely N-dealkylation sites (N-methyl/N-ethyl adjacent to an activating group) is 1. The summed E-state index contributed by atoms with van der Waals surface area (Å²) >= 11 is 0. The molecule has 0 aromatic heterocycles. The van der Waals surface area contributed by atoms with Crippen molar-refractivity contribution < 1.29 is 4.74 Å². The number of nitrogens with one attached hydrogen (secondary N) is 2. The Kier molecular flexibility index (Phi) is 11.9. The molecular weight excluding hydrogens is 391 g/mol. The third kappa shape index (κ3) is 8.43. The Bertz CT molecular complexity index is 423. The van der Waals surface area contributed by atoms with Crippen molar-refractivity contribution in [2.24, 2.45) is 4.99 Å². The number of nitrogens with zero attached hydrogens (tertiary/aromatic N) is 2. The van der Waals surface area contributed by atoms with Crippen molar-refractivity contribution >= 4 is 29.9 Å². The Morgan fingerprint density at radius 2 is 1.82 bits per heavy atom. The van der Waals surface area contributed by atoms with Crippen LogP contribution in [0.1, 0.15) is 12.5 Å². The molecule has 0 saturated carbocycles. The number of halogens is 1. The average Bonchev–Trinajstić information content (AvgIpc) is 2.53. The van der Waals surface area contributed by atoms with Crippen LogP contribution in [0.5, 0.6) is 5.75 Å². The molecule has 1 aromatic carbocycles. The monoisotopic (exact) mass is 420 g/mol. The standard InChI is InChI=1S/C16H28N4O.HI/c1-5-20(3)13-12-19-16(17-2)18-11-10-14-6-8-15(21-4)9-7-14;/h6-9H,5,10-13H2,1-4H3,(H2,17,18,19);1H. The molecule has 2 N–H and O–H groups in total. The van der Waals surface area contributed by atoms with E-state index in [0.29, 0.717) is 0 Å². The van der Waals surface area contributed by atoms with Gasteiger partial charge >= 0.3 is 0 Å². The highest BCUT2D eigenvalue weighted by Gasteiger charge is 1.99. The minimum Gasteiger partial charge on any atom is -0.497 e. The second kappa shape index (κ2) is 12.5. The van der Waals surface area contributed by atoms with Gasteiger partial charge in [0.05, 0.1) is 7.11 Å². The van der Waals surface area contributed by atoms with Crippen LogP contribution in [0, 0.1) is 0 Å². The van der Waals surface area contributed by atoms with Gasteiger partial charge in [-0.05, 0) is 37.7 Å². The zero-order valence-corrected chi connectivity index (χ0v) is 16.4. The van der Waals surface area contributed by atoms with Gasteiger partial charge in [0.25, 0.3) is 0 Å². The van der Waals surface area contributed by atoms with E-state index in [9.17, 15) is 0 Å². The third-order valence-corrected chi connectivity index (χ3v) is 3.41. The van der Waals surface area contributed by atoms with Crippen LogP contribution in [-0.2, 0) is 6.42 Å². The molecule has 0 aliphatic rings. The molecule has 0 aliphatic heterocycles. The number of aliphatic imine (C=N–C) groups is 1. The summed E-state index contributed by atoms with van der Waals surface area (Å²) in [6, 6.07) is 8.16. The van der Waals surface area contributed by atoms with Crippen molar-refractivity contribution in [1.29, 1.82) is 0 Å². The Morgan fingerprint density at radius 1 is 1.18 bits per heavy atom. The second-order valence-electron chi connectivity index (χ2n) is 4.92. The maximum absolute atomic E-state index is 5.15. The molecule has 0 atom stereocenters. The molecule has 0 aliphatic carbocycles. The summed E-state index contributed by atoms with van der Waals surface area (Å²) in [5, 5.41) is 6.64. The molecule has 0 fully saturated rings. The fourth-order valence-electron chi connectivity index (χ4n) is 1.86. The molecule has 0 heterocycles. The van der Waals surface area contributed by atoms with E-state index in [2.05, 4.69) is 46.6 Å². The van der Waals surface area contributed by atoms with Gasteiger partial charge in [-0.2, -0.15) is 0 Å². The van der Waals surface area contributed by atoms with Gasteiger partial charge in [0, 0.05) is 26.7 Å². The summed E-state index contributed by atoms with van der Waals surface area (Å²) in [5.41, 5.74) is 1.28. The van der Waals surface area contributed by atoms with Crippen LogP contribution in [0.2, 0.25) is 0 Å². The Hall–Kier alpha value is -1.02. The van der Waals surface area contributed by atoms with Crippen molar-refractivity contribution in [2.75, 3.05) is 47.4 Å². The molecule has 0 amide bonds. The normalized spacial score (nSPS) is 11.0. The number of rotatable bonds is 8. The molecular formula is C16H29IN4O. The average molecular weight is 420 g/mol. The van der Waals surface area contributed by atoms with Crippen LogP contribution in [0.3, 0.4) is 0 Å². The number of benzene rings is 1. The Morgan fingerprint density at radius 3 is 2.36 bits per heavy atom. The predicted molar refractivity (Wildman–Crippen MR) is 105 cm³/mol. The van der Waals surface area contributed by atoms with Crippen molar-refractivity contribution in [3.63, 3.8) is 0 Å². The first kappa shape index (κ1) is 21.0. The fourth-order valence-corrected chi connectivity index (χ4v) is 1.86. The number of hydrogen-bond donors (Lipinski definition) is 2. The Balaban J connectivity index is 0.00000441. The molecule has 0 unspecified atom stereocenters. The molecule has 126 valence electrons. The van der Waals surface area contributed by atoms with Gasteiger partial charge in [0.2, 0.25) is 0 Å². The van der Waals surface area contributed by atoms with Crippen molar-refractivity contribution in [1.82, 2.24) is 15.5 Å². The molecule has 0 spiro atoms. The van der Waals surface area contributed by atoms with E-state index < -0.39 is 0 Å². The van der Waals surface area contributed by atoms with E-state index in [-0.39, 0.29) is 24.0 Å². The molecule has 0 bridgehead atoms. The molecule has 6 heteroatoms. The largest absolute Gasteiger partial charge is 0.497 e. The van der Waals surface area contributed by atoms with Crippen LogP contribution in [0.15, 0.2) is 29.3 Å². The van der Waals surface area contributed by atoms with Crippen LogP contribution in [-0.4, -0.2) is 58.2 Å². The zero-order valence-electron chi connectivity index (χ0n) is 14.1. The van der Waals surface area contributed by atoms with E-state index in [1.54, 1.807) is 14.2 Å². The van der Waals surface area contributed by atoms with Crippen LogP contribution in [0.25, 0.3) is 0 Å². The summed E-state index contributed by atoms with van der Waals surface area (Å²) in [6.07, 6.45) is 0.958. The lowest BCUT2D eigenvalue weighted by atomic mass is 10.1. The SMILES string of the molecule is CCN(C)CCNC(=NC)NCCc1ccc(OC)cc1.I. The highest BCUT2D eigenvalue weighted by molar-refractivity contribution is 14.0. The van der Waals surface area contributed by atoms with Gasteiger partial charge in [-0.25, -0.2) is 0 Å². The van der Waals surface area contributed by atoms with Gasteiger partial charge in [-0.15, -0.1) is 24.0 Å². The lowest BCUT2D eigenvalue weighted by Crippen LogP contribution is -2.41. The topological polar surface area (TPSA) is 48.9 Å². The highest BCUT2D eigenvalue weighted by atomic mass is 127. The number of hydrogen-bond acceptors (Lipinski definition) is 3. The van der Waals surface area contributed by atoms with E-state index in [1.165, 1.54) is 5.56 Å². The quantitative estimate of drug-likeness (QED) is 0.384. The van der Waals surface area contributed by atoms with Gasteiger partial charge in [0.15, 0.2) is 5.96 Å². The number of methoxy groups -OCH3 is 1. The highest BCUT2D eigenvalue weighted by Crippen LogP contribution is 2.11. The predicted octanol–water partition coefficient (Wildman–Crippen LogP) is 1.97. The maximum Gasteiger partial charge on any atom is 0.191 e. The molecule has 1 aromatic rings. The minimum absolute atomic E-state index is 0. The first-order valence-corrected chi connectivity index (χ1v) is 7.45. The summed E-state index contributed by atoms with van der Waals surface area (Å²) < 4.78 is 5.15. The number of ether oxygens (including phenoxy) is 1. The van der Waals surface area contributed by atoms with Gasteiger partial charge in [-0.3, -0.25) is 4.99 Å². The maximum atomic E-state index is 5.15. The molecule has 22 heavy (non-hydrogen) atoms. The first-order valence-electron chi connectivity index (χ1n) is 7.45. The third-order valence-electron chi connectivity index (χ3n) is 3.41. The molecule has 0 saturated heterocycles. The van der Waals surface area contributed by atoms with Crippen molar-refractivity contribution in [3.8, 4) is 5.75 Å². The summed E-state index contributed by atoms with van der Waals surface area (Å²) in [4.78, 5) is 6.49. The van der Waals surface area contributed by atoms with Crippen LogP contribution in [0.4, 0.5) is 0 Å². The second-order valence-corrected chi connectivity index (χ2v) is 4.92. The summed E-state index contributed by atoms with van der Waals surface area (Å²) in [6.45, 7) is 5.98.